The number of fused-ring (bicyclic) bond motifs is 1. The Morgan fingerprint density at radius 1 is 0.854 bits per heavy atom. The summed E-state index contributed by atoms with van der Waals surface area (Å²) in [7, 11) is 1.27. The summed E-state index contributed by atoms with van der Waals surface area (Å²) in [5.74, 6) is 0.0117. The van der Waals surface area contributed by atoms with E-state index in [2.05, 4.69) is 45.1 Å². The summed E-state index contributed by atoms with van der Waals surface area (Å²) < 4.78 is 7.19. The van der Waals surface area contributed by atoms with Gasteiger partial charge in [-0.25, -0.2) is 4.79 Å². The third kappa shape index (κ3) is 11.6. The molecule has 0 aliphatic carbocycles. The Bertz CT molecular complexity index is 1530. The van der Waals surface area contributed by atoms with Crippen LogP contribution in [0, 0.1) is 0 Å². The van der Waals surface area contributed by atoms with Gasteiger partial charge in [-0.1, -0.05) is 32.4 Å². The van der Waals surface area contributed by atoms with Crippen molar-refractivity contribution in [2.24, 2.45) is 0 Å². The Morgan fingerprint density at radius 3 is 2.12 bits per heavy atom. The van der Waals surface area contributed by atoms with E-state index in [0.29, 0.717) is 16.9 Å². The minimum absolute atomic E-state index is 0.0344. The zero-order valence-electron chi connectivity index (χ0n) is 28.3. The predicted molar refractivity (Wildman–Crippen MR) is 191 cm³/mol. The van der Waals surface area contributed by atoms with Gasteiger partial charge in [0, 0.05) is 18.8 Å². The van der Waals surface area contributed by atoms with Gasteiger partial charge in [0.05, 0.1) is 7.11 Å². The first kappa shape index (κ1) is 38.4. The van der Waals surface area contributed by atoms with Crippen LogP contribution in [0.5, 0.6) is 0 Å². The van der Waals surface area contributed by atoms with Crippen molar-refractivity contribution in [3.05, 3.63) is 60.7 Å². The molecule has 0 saturated carbocycles. The summed E-state index contributed by atoms with van der Waals surface area (Å²) in [5.41, 5.74) is 3.63. The van der Waals surface area contributed by atoms with Crippen molar-refractivity contribution in [3.63, 3.8) is 0 Å². The SMILES string of the molecule is CCC.COC(=O)NCC(=O)N1CCCC1.[CH3][Pb][CH2]C(=O)N1CCC[C@H]1C(=O)Nc1ccc2cc(-c3ccc(NC=O)cc3)ccc2c1. The molecule has 2 heterocycles. The molecule has 5 rings (SSSR count). The van der Waals surface area contributed by atoms with Crippen LogP contribution in [0.15, 0.2) is 60.7 Å². The van der Waals surface area contributed by atoms with Gasteiger partial charge in [-0.15, -0.1) is 0 Å². The molecular formula is C36H47N5O6Pb. The molecule has 3 aromatic rings. The van der Waals surface area contributed by atoms with Gasteiger partial charge in [0.2, 0.25) is 12.3 Å². The number of nitrogens with zero attached hydrogens (tertiary/aromatic N) is 2. The molecule has 0 spiro atoms. The molecule has 2 aliphatic heterocycles. The molecule has 256 valence electrons. The first-order valence-electron chi connectivity index (χ1n) is 16.4. The van der Waals surface area contributed by atoms with Crippen LogP contribution in [0.2, 0.25) is 8.46 Å². The van der Waals surface area contributed by atoms with Crippen molar-refractivity contribution in [1.82, 2.24) is 15.1 Å². The van der Waals surface area contributed by atoms with Crippen LogP contribution in [0.4, 0.5) is 16.2 Å². The van der Waals surface area contributed by atoms with E-state index < -0.39 is 30.3 Å². The first-order chi connectivity index (χ1) is 23.2. The van der Waals surface area contributed by atoms with Crippen LogP contribution in [0.25, 0.3) is 21.9 Å². The average molecular weight is 853 g/mol. The number of carbonyl (C=O) groups excluding carboxylic acids is 5. The van der Waals surface area contributed by atoms with E-state index in [9.17, 15) is 24.0 Å². The molecule has 1 atom stereocenters. The number of methoxy groups -OCH3 is 1. The van der Waals surface area contributed by atoms with Crippen LogP contribution in [-0.2, 0) is 23.9 Å². The number of rotatable bonds is 9. The van der Waals surface area contributed by atoms with Gasteiger partial charge in [-0.05, 0) is 30.5 Å². The number of ether oxygens (including phenoxy) is 1. The fourth-order valence-electron chi connectivity index (χ4n) is 5.44. The average Bonchev–Trinajstić information content (AvgIpc) is 3.82. The molecular weight excluding hydrogens is 806 g/mol. The van der Waals surface area contributed by atoms with Gasteiger partial charge < -0.3 is 20.3 Å². The summed E-state index contributed by atoms with van der Waals surface area (Å²) in [6.45, 7) is 6.59. The van der Waals surface area contributed by atoms with E-state index in [1.54, 1.807) is 9.80 Å². The van der Waals surface area contributed by atoms with Crippen molar-refractivity contribution in [3.8, 4) is 11.1 Å². The molecule has 12 heteroatoms. The van der Waals surface area contributed by atoms with E-state index >= 15 is 0 Å². The number of hydrogen-bond donors (Lipinski definition) is 3. The Morgan fingerprint density at radius 2 is 1.48 bits per heavy atom. The third-order valence-electron chi connectivity index (χ3n) is 7.78. The second kappa shape index (κ2) is 20.4. The quantitative estimate of drug-likeness (QED) is 0.191. The van der Waals surface area contributed by atoms with Gasteiger partial charge in [-0.3, -0.25) is 9.59 Å². The number of likely N-dealkylation sites (tertiary alicyclic amines) is 2. The normalized spacial score (nSPS) is 15.0. The standard InChI is InChI=1S/C24H22N3O3.C8H14N2O3.C3H8.CH3.Pb/c1-16(29)27-12-2-3-23(27)24(30)26-22-11-8-19-13-18(4-5-20(19)14-22)17-6-9-21(10-7-17)25-15-28;1-13-8(12)9-6-7(11)10-4-2-3-5-10;1-3-2;;/h4-11,13-15,23H,1-3,12H2,(H,25,28)(H,26,30);2-6H2,1H3,(H,9,12);3H2,1-2H3;1H3;/t23-;;;;/m0..../s1. The predicted octanol–water partition coefficient (Wildman–Crippen LogP) is 5.56. The molecule has 5 amide bonds. The number of anilines is 2. The summed E-state index contributed by atoms with van der Waals surface area (Å²) in [4.78, 5) is 61.3. The molecule has 0 unspecified atom stereocenters. The Kier molecular flexibility index (Phi) is 16.3. The van der Waals surface area contributed by atoms with Crippen LogP contribution >= 0.6 is 0 Å². The number of alkyl carbamates (subject to hydrolysis) is 1. The summed E-state index contributed by atoms with van der Waals surface area (Å²) >= 11 is -0.823. The number of amides is 5. The second-order valence-corrected chi connectivity index (χ2v) is 15.6. The number of hydrogen-bond acceptors (Lipinski definition) is 6. The Hall–Kier alpha value is -4.01. The number of benzene rings is 3. The molecule has 2 radical (unpaired) electrons. The van der Waals surface area contributed by atoms with Crippen LogP contribution in [-0.4, -0.2) is 104 Å². The van der Waals surface area contributed by atoms with E-state index in [0.717, 1.165) is 72.0 Å². The van der Waals surface area contributed by atoms with E-state index in [1.807, 2.05) is 54.6 Å². The molecule has 2 aliphatic rings. The van der Waals surface area contributed by atoms with E-state index in [4.69, 9.17) is 0 Å². The van der Waals surface area contributed by atoms with Crippen molar-refractivity contribution < 1.29 is 28.7 Å². The number of nitrogens with one attached hydrogen (secondary N) is 3. The Labute approximate surface area is 295 Å². The first-order valence-corrected chi connectivity index (χ1v) is 23.1. The molecule has 2 saturated heterocycles. The second-order valence-electron chi connectivity index (χ2n) is 11.5. The van der Waals surface area contributed by atoms with Crippen molar-refractivity contribution in [2.75, 3.05) is 43.9 Å². The minimum atomic E-state index is -0.823. The van der Waals surface area contributed by atoms with Gasteiger partial charge in [0.15, 0.2) is 0 Å². The number of carbonyl (C=O) groups is 5. The fourth-order valence-corrected chi connectivity index (χ4v) is 7.41. The molecule has 0 bridgehead atoms. The van der Waals surface area contributed by atoms with E-state index in [-0.39, 0.29) is 30.3 Å². The van der Waals surface area contributed by atoms with Crippen molar-refractivity contribution >= 4 is 76.6 Å². The van der Waals surface area contributed by atoms with Crippen LogP contribution < -0.4 is 16.0 Å². The maximum atomic E-state index is 12.9. The molecule has 0 aromatic heterocycles. The summed E-state index contributed by atoms with van der Waals surface area (Å²) in [5, 5.41) is 10.1. The van der Waals surface area contributed by atoms with Crippen LogP contribution in [0.1, 0.15) is 46.0 Å². The van der Waals surface area contributed by atoms with Gasteiger partial charge in [0.1, 0.15) is 6.54 Å². The molecule has 2 fully saturated rings. The van der Waals surface area contributed by atoms with Gasteiger partial charge >= 0.3 is 154 Å². The topological polar surface area (TPSA) is 137 Å². The van der Waals surface area contributed by atoms with Crippen molar-refractivity contribution in [2.45, 2.75) is 60.5 Å². The monoisotopic (exact) mass is 853 g/mol. The summed E-state index contributed by atoms with van der Waals surface area (Å²) in [6, 6.07) is 19.4. The molecule has 3 aromatic carbocycles. The fraction of sp³-hybridized carbons (Fsp3) is 0.417. The van der Waals surface area contributed by atoms with Crippen molar-refractivity contribution in [1.29, 1.82) is 0 Å². The zero-order valence-corrected chi connectivity index (χ0v) is 32.2. The molecule has 3 N–H and O–H groups in total. The zero-order chi connectivity index (χ0) is 34.9. The third-order valence-corrected chi connectivity index (χ3v) is 10.3. The maximum absolute atomic E-state index is 12.9. The molecule has 11 nitrogen and oxygen atoms in total. The summed E-state index contributed by atoms with van der Waals surface area (Å²) in [6.07, 6.45) is 5.08. The molecule has 48 heavy (non-hydrogen) atoms. The van der Waals surface area contributed by atoms with Gasteiger partial charge in [0.25, 0.3) is 0 Å². The Balaban J connectivity index is 0.000000325. The van der Waals surface area contributed by atoms with Crippen LogP contribution in [0.3, 0.4) is 0 Å². The van der Waals surface area contributed by atoms with E-state index in [1.165, 1.54) is 13.5 Å². The van der Waals surface area contributed by atoms with Gasteiger partial charge in [-0.2, -0.15) is 0 Å².